The fraction of sp³-hybridized carbons (Fsp3) is 0.545. The normalized spacial score (nSPS) is 16.8. The molecule has 3 rings (SSSR count). The Morgan fingerprint density at radius 2 is 1.93 bits per heavy atom. The second kappa shape index (κ2) is 9.52. The van der Waals surface area contributed by atoms with Gasteiger partial charge in [-0.1, -0.05) is 24.3 Å². The van der Waals surface area contributed by atoms with Gasteiger partial charge in [-0.3, -0.25) is 0 Å². The van der Waals surface area contributed by atoms with Crippen LogP contribution in [0.4, 0.5) is 0 Å². The van der Waals surface area contributed by atoms with E-state index in [4.69, 9.17) is 9.73 Å². The van der Waals surface area contributed by atoms with E-state index in [0.717, 1.165) is 55.8 Å². The third kappa shape index (κ3) is 4.92. The highest BCUT2D eigenvalue weighted by Crippen LogP contribution is 2.36. The Bertz CT molecular complexity index is 789. The summed E-state index contributed by atoms with van der Waals surface area (Å²) in [6.45, 7) is 12.4. The molecule has 0 atom stereocenters. The number of guanidine groups is 1. The van der Waals surface area contributed by atoms with Gasteiger partial charge in [-0.2, -0.15) is 0 Å². The number of nitrogens with one attached hydrogen (secondary N) is 2. The van der Waals surface area contributed by atoms with E-state index >= 15 is 0 Å². The van der Waals surface area contributed by atoms with E-state index in [1.807, 2.05) is 0 Å². The maximum absolute atomic E-state index is 5.68. The number of hydrogen-bond acceptors (Lipinski definition) is 4. The topological polar surface area (TPSA) is 58.5 Å². The zero-order chi connectivity index (χ0) is 20.0. The van der Waals surface area contributed by atoms with Crippen molar-refractivity contribution in [2.75, 3.05) is 26.3 Å². The summed E-state index contributed by atoms with van der Waals surface area (Å²) in [6, 6.07) is 8.74. The molecule has 0 unspecified atom stereocenters. The van der Waals surface area contributed by atoms with E-state index in [1.165, 1.54) is 16.0 Å². The van der Waals surface area contributed by atoms with Crippen molar-refractivity contribution in [2.24, 2.45) is 4.99 Å². The van der Waals surface area contributed by atoms with Gasteiger partial charge in [-0.05, 0) is 51.7 Å². The average molecular weight is 401 g/mol. The van der Waals surface area contributed by atoms with Gasteiger partial charge in [0.25, 0.3) is 0 Å². The summed E-state index contributed by atoms with van der Waals surface area (Å²) in [5, 5.41) is 8.05. The number of aryl methyl sites for hydroxylation is 3. The van der Waals surface area contributed by atoms with Crippen LogP contribution in [0.1, 0.15) is 46.5 Å². The van der Waals surface area contributed by atoms with Gasteiger partial charge < -0.3 is 15.4 Å². The van der Waals surface area contributed by atoms with Crippen molar-refractivity contribution in [3.05, 3.63) is 51.0 Å². The second-order valence-corrected chi connectivity index (χ2v) is 8.79. The van der Waals surface area contributed by atoms with Crippen LogP contribution < -0.4 is 10.6 Å². The van der Waals surface area contributed by atoms with Crippen LogP contribution in [-0.2, 0) is 16.7 Å². The summed E-state index contributed by atoms with van der Waals surface area (Å²) >= 11 is 1.73. The fourth-order valence-electron chi connectivity index (χ4n) is 3.82. The van der Waals surface area contributed by atoms with Gasteiger partial charge in [0, 0.05) is 36.6 Å². The Morgan fingerprint density at radius 3 is 2.57 bits per heavy atom. The number of hydrogen-bond donors (Lipinski definition) is 2. The molecule has 1 fully saturated rings. The molecule has 152 valence electrons. The van der Waals surface area contributed by atoms with Crippen LogP contribution in [0.3, 0.4) is 0 Å². The molecule has 0 radical (unpaired) electrons. The predicted molar refractivity (Wildman–Crippen MR) is 117 cm³/mol. The van der Waals surface area contributed by atoms with E-state index in [1.54, 1.807) is 11.3 Å². The summed E-state index contributed by atoms with van der Waals surface area (Å²) < 4.78 is 5.68. The molecule has 1 aliphatic rings. The molecule has 1 aromatic carbocycles. The highest BCUT2D eigenvalue weighted by Gasteiger charge is 2.35. The SMILES string of the molecule is CCNC(=NCc1nc(C)c(C)s1)NCC1(c2ccccc2C)CCOCC1. The van der Waals surface area contributed by atoms with Gasteiger partial charge in [0.05, 0.1) is 12.2 Å². The van der Waals surface area contributed by atoms with Crippen LogP contribution in [-0.4, -0.2) is 37.2 Å². The third-order valence-electron chi connectivity index (χ3n) is 5.55. The molecule has 1 aliphatic heterocycles. The van der Waals surface area contributed by atoms with E-state index in [-0.39, 0.29) is 5.41 Å². The summed E-state index contributed by atoms with van der Waals surface area (Å²) in [5.41, 5.74) is 3.96. The Morgan fingerprint density at radius 1 is 1.18 bits per heavy atom. The predicted octanol–water partition coefficient (Wildman–Crippen LogP) is 3.87. The van der Waals surface area contributed by atoms with E-state index in [2.05, 4.69) is 67.6 Å². The third-order valence-corrected chi connectivity index (χ3v) is 6.61. The molecule has 2 N–H and O–H groups in total. The minimum Gasteiger partial charge on any atom is -0.381 e. The quantitative estimate of drug-likeness (QED) is 0.571. The first-order valence-corrected chi connectivity index (χ1v) is 10.9. The first-order chi connectivity index (χ1) is 13.5. The smallest absolute Gasteiger partial charge is 0.191 e. The number of thiazole rings is 1. The second-order valence-electron chi connectivity index (χ2n) is 7.51. The molecule has 2 aromatic rings. The molecule has 1 saturated heterocycles. The number of benzene rings is 1. The van der Waals surface area contributed by atoms with Crippen LogP contribution in [0, 0.1) is 20.8 Å². The maximum Gasteiger partial charge on any atom is 0.191 e. The van der Waals surface area contributed by atoms with Crippen LogP contribution >= 0.6 is 11.3 Å². The van der Waals surface area contributed by atoms with Crippen LogP contribution in [0.15, 0.2) is 29.3 Å². The standard InChI is InChI=1S/C22H32N4OS/c1-5-23-21(24-14-20-26-17(3)18(4)28-20)25-15-22(10-12-27-13-11-22)19-9-7-6-8-16(19)2/h6-9H,5,10-15H2,1-4H3,(H2,23,24,25). The number of aliphatic imine (C=N–C) groups is 1. The lowest BCUT2D eigenvalue weighted by molar-refractivity contribution is 0.0512. The van der Waals surface area contributed by atoms with Gasteiger partial charge in [0.1, 0.15) is 5.01 Å². The minimum absolute atomic E-state index is 0.0775. The molecule has 0 saturated carbocycles. The van der Waals surface area contributed by atoms with E-state index < -0.39 is 0 Å². The van der Waals surface area contributed by atoms with Crippen LogP contribution in [0.25, 0.3) is 0 Å². The lowest BCUT2D eigenvalue weighted by Crippen LogP contribution is -2.48. The Hall–Kier alpha value is -1.92. The van der Waals surface area contributed by atoms with Crippen molar-refractivity contribution >= 4 is 17.3 Å². The van der Waals surface area contributed by atoms with Gasteiger partial charge in [0.15, 0.2) is 5.96 Å². The highest BCUT2D eigenvalue weighted by atomic mass is 32.1. The number of ether oxygens (including phenoxy) is 1. The maximum atomic E-state index is 5.68. The summed E-state index contributed by atoms with van der Waals surface area (Å²) in [5.74, 6) is 0.854. The van der Waals surface area contributed by atoms with Crippen molar-refractivity contribution in [1.29, 1.82) is 0 Å². The summed E-state index contributed by atoms with van der Waals surface area (Å²) in [6.07, 6.45) is 2.05. The Labute approximate surface area is 172 Å². The molecule has 0 aliphatic carbocycles. The molecule has 0 bridgehead atoms. The monoisotopic (exact) mass is 400 g/mol. The molecule has 28 heavy (non-hydrogen) atoms. The zero-order valence-corrected chi connectivity index (χ0v) is 18.3. The lowest BCUT2D eigenvalue weighted by atomic mass is 9.72. The molecule has 6 heteroatoms. The van der Waals surface area contributed by atoms with Gasteiger partial charge in [-0.25, -0.2) is 9.98 Å². The van der Waals surface area contributed by atoms with Gasteiger partial charge >= 0.3 is 0 Å². The van der Waals surface area contributed by atoms with Crippen molar-refractivity contribution in [1.82, 2.24) is 15.6 Å². The Kier molecular flexibility index (Phi) is 7.08. The van der Waals surface area contributed by atoms with Crippen LogP contribution in [0.5, 0.6) is 0 Å². The van der Waals surface area contributed by atoms with E-state index in [9.17, 15) is 0 Å². The van der Waals surface area contributed by atoms with Crippen molar-refractivity contribution < 1.29 is 4.74 Å². The first-order valence-electron chi connectivity index (χ1n) is 10.1. The fourth-order valence-corrected chi connectivity index (χ4v) is 4.68. The molecule has 2 heterocycles. The highest BCUT2D eigenvalue weighted by molar-refractivity contribution is 7.11. The lowest BCUT2D eigenvalue weighted by Gasteiger charge is -2.39. The van der Waals surface area contributed by atoms with E-state index in [0.29, 0.717) is 6.54 Å². The molecular weight excluding hydrogens is 368 g/mol. The summed E-state index contributed by atoms with van der Waals surface area (Å²) in [4.78, 5) is 10.7. The summed E-state index contributed by atoms with van der Waals surface area (Å²) in [7, 11) is 0. The molecule has 1 aromatic heterocycles. The average Bonchev–Trinajstić information content (AvgIpc) is 3.02. The van der Waals surface area contributed by atoms with Crippen molar-refractivity contribution in [3.8, 4) is 0 Å². The van der Waals surface area contributed by atoms with Gasteiger partial charge in [-0.15, -0.1) is 11.3 Å². The largest absolute Gasteiger partial charge is 0.381 e. The number of aromatic nitrogens is 1. The first kappa shape index (κ1) is 20.8. The Balaban J connectivity index is 1.75. The molecular formula is C22H32N4OS. The van der Waals surface area contributed by atoms with Gasteiger partial charge in [0.2, 0.25) is 0 Å². The van der Waals surface area contributed by atoms with Crippen LogP contribution in [0.2, 0.25) is 0 Å². The molecule has 5 nitrogen and oxygen atoms in total. The molecule has 0 amide bonds. The van der Waals surface area contributed by atoms with Crippen molar-refractivity contribution in [2.45, 2.75) is 52.5 Å². The minimum atomic E-state index is 0.0775. The number of nitrogens with zero attached hydrogens (tertiary/aromatic N) is 2. The van der Waals surface area contributed by atoms with Crippen molar-refractivity contribution in [3.63, 3.8) is 0 Å². The molecule has 0 spiro atoms. The zero-order valence-electron chi connectivity index (χ0n) is 17.5. The number of rotatable bonds is 6.